The van der Waals surface area contributed by atoms with Crippen LogP contribution in [0.5, 0.6) is 0 Å². The highest BCUT2D eigenvalue weighted by molar-refractivity contribution is 5.40. The molecular formula is C18H19FN4O. The minimum atomic E-state index is -0.204. The fourth-order valence-corrected chi connectivity index (χ4v) is 3.42. The van der Waals surface area contributed by atoms with E-state index < -0.39 is 0 Å². The lowest BCUT2D eigenvalue weighted by Gasteiger charge is -2.15. The molecule has 3 heterocycles. The Kier molecular flexibility index (Phi) is 3.69. The summed E-state index contributed by atoms with van der Waals surface area (Å²) in [6.45, 7) is 4.54. The molecule has 1 aliphatic heterocycles. The Labute approximate surface area is 138 Å². The van der Waals surface area contributed by atoms with E-state index in [-0.39, 0.29) is 11.4 Å². The Hall–Kier alpha value is -2.47. The number of hydrogen-bond acceptors (Lipinski definition) is 3. The number of nitrogens with zero attached hydrogens (tertiary/aromatic N) is 3. The first-order valence-electron chi connectivity index (χ1n) is 8.14. The van der Waals surface area contributed by atoms with E-state index in [9.17, 15) is 9.18 Å². The first-order chi connectivity index (χ1) is 11.6. The summed E-state index contributed by atoms with van der Waals surface area (Å²) >= 11 is 0. The molecule has 1 unspecified atom stereocenters. The molecule has 1 N–H and O–H groups in total. The van der Waals surface area contributed by atoms with Gasteiger partial charge in [0, 0.05) is 42.5 Å². The number of aromatic amines is 1. The first-order valence-corrected chi connectivity index (χ1v) is 8.14. The third-order valence-corrected chi connectivity index (χ3v) is 4.63. The van der Waals surface area contributed by atoms with Gasteiger partial charge in [0.25, 0.3) is 5.56 Å². The monoisotopic (exact) mass is 326 g/mol. The standard InChI is InChI=1S/C18H19FN4O/c1-12-8-18(24)23-17(20-12)9-16(21-23)14-6-7-22(11-14)10-13-2-4-15(19)5-3-13/h2-5,8-9,14,21H,6-7,10-11H2,1H3. The van der Waals surface area contributed by atoms with Crippen LogP contribution in [0.4, 0.5) is 4.39 Å². The maximum Gasteiger partial charge on any atom is 0.272 e. The molecule has 24 heavy (non-hydrogen) atoms. The molecule has 0 bridgehead atoms. The van der Waals surface area contributed by atoms with Gasteiger partial charge in [-0.15, -0.1) is 0 Å². The molecule has 124 valence electrons. The summed E-state index contributed by atoms with van der Waals surface area (Å²) in [5, 5.41) is 3.19. The van der Waals surface area contributed by atoms with Crippen molar-refractivity contribution in [3.8, 4) is 0 Å². The number of halogens is 1. The lowest BCUT2D eigenvalue weighted by molar-refractivity contribution is 0.326. The summed E-state index contributed by atoms with van der Waals surface area (Å²) in [5.41, 5.74) is 3.49. The van der Waals surface area contributed by atoms with Crippen LogP contribution in [0.3, 0.4) is 0 Å². The largest absolute Gasteiger partial charge is 0.298 e. The molecule has 1 atom stereocenters. The number of H-pyrrole nitrogens is 1. The zero-order chi connectivity index (χ0) is 16.7. The number of aromatic nitrogens is 3. The van der Waals surface area contributed by atoms with Gasteiger partial charge in [-0.2, -0.15) is 0 Å². The zero-order valence-electron chi connectivity index (χ0n) is 13.5. The fraction of sp³-hybridized carbons (Fsp3) is 0.333. The van der Waals surface area contributed by atoms with Crippen molar-refractivity contribution in [3.05, 3.63) is 69.5 Å². The van der Waals surface area contributed by atoms with Gasteiger partial charge in [-0.25, -0.2) is 13.9 Å². The third kappa shape index (κ3) is 2.85. The van der Waals surface area contributed by atoms with Gasteiger partial charge in [-0.3, -0.25) is 14.8 Å². The zero-order valence-corrected chi connectivity index (χ0v) is 13.5. The second kappa shape index (κ2) is 5.87. The van der Waals surface area contributed by atoms with Crippen LogP contribution in [0.25, 0.3) is 5.65 Å². The molecule has 1 saturated heterocycles. The van der Waals surface area contributed by atoms with Crippen molar-refractivity contribution in [2.75, 3.05) is 13.1 Å². The van der Waals surface area contributed by atoms with Crippen molar-refractivity contribution < 1.29 is 4.39 Å². The van der Waals surface area contributed by atoms with Gasteiger partial charge in [0.2, 0.25) is 0 Å². The third-order valence-electron chi connectivity index (χ3n) is 4.63. The first kappa shape index (κ1) is 15.1. The SMILES string of the molecule is Cc1cc(=O)n2[nH]c(C3CCN(Cc4ccc(F)cc4)C3)cc2n1. The highest BCUT2D eigenvalue weighted by atomic mass is 19.1. The van der Waals surface area contributed by atoms with Gasteiger partial charge in [-0.05, 0) is 37.6 Å². The smallest absolute Gasteiger partial charge is 0.272 e. The summed E-state index contributed by atoms with van der Waals surface area (Å²) in [4.78, 5) is 18.8. The molecule has 4 rings (SSSR count). The predicted molar refractivity (Wildman–Crippen MR) is 89.6 cm³/mol. The molecule has 1 aliphatic rings. The van der Waals surface area contributed by atoms with Gasteiger partial charge in [0.15, 0.2) is 5.65 Å². The summed E-state index contributed by atoms with van der Waals surface area (Å²) in [7, 11) is 0. The number of aryl methyl sites for hydroxylation is 1. The van der Waals surface area contributed by atoms with Crippen LogP contribution in [0.1, 0.15) is 29.3 Å². The molecule has 1 aromatic carbocycles. The highest BCUT2D eigenvalue weighted by Crippen LogP contribution is 2.27. The predicted octanol–water partition coefficient (Wildman–Crippen LogP) is 2.46. The Morgan fingerprint density at radius 3 is 2.88 bits per heavy atom. The van der Waals surface area contributed by atoms with Gasteiger partial charge >= 0.3 is 0 Å². The van der Waals surface area contributed by atoms with Crippen LogP contribution in [0.2, 0.25) is 0 Å². The molecule has 0 spiro atoms. The molecule has 5 nitrogen and oxygen atoms in total. The van der Waals surface area contributed by atoms with Gasteiger partial charge < -0.3 is 0 Å². The molecule has 2 aromatic heterocycles. The quantitative estimate of drug-likeness (QED) is 0.804. The molecule has 0 aliphatic carbocycles. The average Bonchev–Trinajstić information content (AvgIpc) is 3.16. The van der Waals surface area contributed by atoms with Crippen LogP contribution in [0, 0.1) is 12.7 Å². The van der Waals surface area contributed by atoms with E-state index in [4.69, 9.17) is 0 Å². The molecule has 1 fully saturated rings. The topological polar surface area (TPSA) is 53.4 Å². The number of hydrogen-bond donors (Lipinski definition) is 1. The molecule has 0 saturated carbocycles. The average molecular weight is 326 g/mol. The van der Waals surface area contributed by atoms with Crippen molar-refractivity contribution >= 4 is 5.65 Å². The van der Waals surface area contributed by atoms with Crippen LogP contribution in [-0.4, -0.2) is 32.6 Å². The Morgan fingerprint density at radius 2 is 2.08 bits per heavy atom. The number of likely N-dealkylation sites (tertiary alicyclic amines) is 1. The normalized spacial score (nSPS) is 18.5. The Morgan fingerprint density at radius 1 is 1.29 bits per heavy atom. The number of fused-ring (bicyclic) bond motifs is 1. The molecular weight excluding hydrogens is 307 g/mol. The van der Waals surface area contributed by atoms with E-state index in [1.165, 1.54) is 22.7 Å². The van der Waals surface area contributed by atoms with E-state index >= 15 is 0 Å². The summed E-state index contributed by atoms with van der Waals surface area (Å²) in [5.74, 6) is 0.149. The maximum atomic E-state index is 13.0. The van der Waals surface area contributed by atoms with Crippen LogP contribution >= 0.6 is 0 Å². The second-order valence-electron chi connectivity index (χ2n) is 6.49. The maximum absolute atomic E-state index is 13.0. The van der Waals surface area contributed by atoms with Gasteiger partial charge in [0.05, 0.1) is 0 Å². The number of nitrogens with one attached hydrogen (secondary N) is 1. The van der Waals surface area contributed by atoms with Crippen molar-refractivity contribution in [1.29, 1.82) is 0 Å². The lowest BCUT2D eigenvalue weighted by Crippen LogP contribution is -2.20. The molecule has 0 radical (unpaired) electrons. The van der Waals surface area contributed by atoms with Gasteiger partial charge in [0.1, 0.15) is 5.82 Å². The van der Waals surface area contributed by atoms with E-state index in [2.05, 4.69) is 15.0 Å². The summed E-state index contributed by atoms with van der Waals surface area (Å²) in [6.07, 6.45) is 1.03. The molecule has 0 amide bonds. The lowest BCUT2D eigenvalue weighted by atomic mass is 10.1. The Balaban J connectivity index is 1.51. The van der Waals surface area contributed by atoms with Crippen molar-refractivity contribution in [1.82, 2.24) is 19.5 Å². The van der Waals surface area contributed by atoms with Crippen molar-refractivity contribution in [3.63, 3.8) is 0 Å². The van der Waals surface area contributed by atoms with E-state index in [1.54, 1.807) is 0 Å². The summed E-state index contributed by atoms with van der Waals surface area (Å²) in [6, 6.07) is 10.2. The van der Waals surface area contributed by atoms with Crippen molar-refractivity contribution in [2.45, 2.75) is 25.8 Å². The minimum absolute atomic E-state index is 0.0788. The highest BCUT2D eigenvalue weighted by Gasteiger charge is 2.25. The number of rotatable bonds is 3. The van der Waals surface area contributed by atoms with Gasteiger partial charge in [-0.1, -0.05) is 12.1 Å². The van der Waals surface area contributed by atoms with Crippen LogP contribution in [0.15, 0.2) is 41.2 Å². The second-order valence-corrected chi connectivity index (χ2v) is 6.49. The fourth-order valence-electron chi connectivity index (χ4n) is 3.42. The van der Waals surface area contributed by atoms with E-state index in [0.717, 1.165) is 43.0 Å². The molecule has 6 heteroatoms. The van der Waals surface area contributed by atoms with Crippen LogP contribution < -0.4 is 5.56 Å². The summed E-state index contributed by atoms with van der Waals surface area (Å²) < 4.78 is 14.5. The van der Waals surface area contributed by atoms with E-state index in [1.807, 2.05) is 25.1 Å². The minimum Gasteiger partial charge on any atom is -0.298 e. The van der Waals surface area contributed by atoms with Crippen LogP contribution in [-0.2, 0) is 6.54 Å². The Bertz CT molecular complexity index is 928. The molecule has 3 aromatic rings. The number of benzene rings is 1. The van der Waals surface area contributed by atoms with E-state index in [0.29, 0.717) is 11.6 Å². The van der Waals surface area contributed by atoms with Crippen molar-refractivity contribution in [2.24, 2.45) is 0 Å².